The highest BCUT2D eigenvalue weighted by Gasteiger charge is 2.15. The van der Waals surface area contributed by atoms with E-state index in [1.54, 1.807) is 6.07 Å². The Morgan fingerprint density at radius 1 is 1.39 bits per heavy atom. The van der Waals surface area contributed by atoms with E-state index < -0.39 is 11.7 Å². The van der Waals surface area contributed by atoms with Crippen molar-refractivity contribution in [2.45, 2.75) is 26.4 Å². The first-order valence-electron chi connectivity index (χ1n) is 5.55. The molecule has 0 saturated heterocycles. The van der Waals surface area contributed by atoms with Gasteiger partial charge in [0.2, 0.25) is 0 Å². The van der Waals surface area contributed by atoms with Crippen LogP contribution in [-0.4, -0.2) is 34.8 Å². The number of carbonyl (C=O) groups excluding carboxylic acids is 1. The minimum absolute atomic E-state index is 0.368. The van der Waals surface area contributed by atoms with Crippen LogP contribution in [0.1, 0.15) is 20.8 Å². The lowest BCUT2D eigenvalue weighted by Gasteiger charge is -2.19. The van der Waals surface area contributed by atoms with E-state index in [1.807, 2.05) is 20.8 Å². The zero-order valence-corrected chi connectivity index (χ0v) is 11.4. The number of alkyl carbamates (subject to hydrolysis) is 1. The number of nitrogens with one attached hydrogen (secondary N) is 2. The van der Waals surface area contributed by atoms with Crippen molar-refractivity contribution in [3.63, 3.8) is 0 Å². The molecule has 0 aliphatic carbocycles. The molecule has 1 rings (SSSR count). The van der Waals surface area contributed by atoms with Gasteiger partial charge in [-0.1, -0.05) is 11.6 Å². The minimum atomic E-state index is -0.488. The van der Waals surface area contributed by atoms with Crippen molar-refractivity contribution in [2.75, 3.05) is 18.4 Å². The molecule has 0 radical (unpaired) electrons. The second kappa shape index (κ2) is 6.39. The van der Waals surface area contributed by atoms with Crippen molar-refractivity contribution < 1.29 is 9.53 Å². The zero-order chi connectivity index (χ0) is 13.6. The van der Waals surface area contributed by atoms with Crippen LogP contribution in [0, 0.1) is 0 Å². The first kappa shape index (κ1) is 14.5. The number of halogens is 1. The average Bonchev–Trinajstić information content (AvgIpc) is 2.22. The summed E-state index contributed by atoms with van der Waals surface area (Å²) in [6.45, 7) is 6.39. The quantitative estimate of drug-likeness (QED) is 0.648. The zero-order valence-electron chi connectivity index (χ0n) is 10.7. The number of rotatable bonds is 4. The molecule has 1 aromatic heterocycles. The Bertz CT molecular complexity index is 406. The molecule has 0 spiro atoms. The van der Waals surface area contributed by atoms with Gasteiger partial charge in [-0.15, -0.1) is 0 Å². The lowest BCUT2D eigenvalue weighted by molar-refractivity contribution is 0.0530. The largest absolute Gasteiger partial charge is 0.444 e. The average molecular weight is 273 g/mol. The molecule has 0 atom stereocenters. The summed E-state index contributed by atoms with van der Waals surface area (Å²) in [5.74, 6) is 0.612. The number of aromatic nitrogens is 2. The summed E-state index contributed by atoms with van der Waals surface area (Å²) in [7, 11) is 0. The second-order valence-corrected chi connectivity index (χ2v) is 4.97. The Balaban J connectivity index is 2.21. The maximum atomic E-state index is 11.3. The first-order valence-corrected chi connectivity index (χ1v) is 5.93. The van der Waals surface area contributed by atoms with E-state index in [-0.39, 0.29) is 0 Å². The fourth-order valence-electron chi connectivity index (χ4n) is 1.10. The fraction of sp³-hybridized carbons (Fsp3) is 0.545. The lowest BCUT2D eigenvalue weighted by atomic mass is 10.2. The molecule has 1 amide bonds. The highest BCUT2D eigenvalue weighted by molar-refractivity contribution is 6.29. The van der Waals surface area contributed by atoms with Gasteiger partial charge >= 0.3 is 6.09 Å². The number of hydrogen-bond donors (Lipinski definition) is 2. The van der Waals surface area contributed by atoms with Gasteiger partial charge in [0.05, 0.1) is 0 Å². The molecule has 2 N–H and O–H groups in total. The molecule has 1 heterocycles. The first-order chi connectivity index (χ1) is 8.37. The number of ether oxygens (including phenoxy) is 1. The standard InChI is InChI=1S/C11H17ClN4O2/c1-11(2,3)18-10(17)14-5-4-13-9-6-8(12)15-7-16-9/h6-7H,4-5H2,1-3H3,(H,14,17)(H,13,15,16). The Kier molecular flexibility index (Phi) is 5.15. The molecule has 0 bridgehead atoms. The molecular formula is C11H17ClN4O2. The molecule has 0 saturated carbocycles. The molecule has 0 aromatic carbocycles. The van der Waals surface area contributed by atoms with E-state index in [4.69, 9.17) is 16.3 Å². The Morgan fingerprint density at radius 2 is 2.11 bits per heavy atom. The lowest BCUT2D eigenvalue weighted by Crippen LogP contribution is -2.35. The van der Waals surface area contributed by atoms with Gasteiger partial charge in [-0.25, -0.2) is 14.8 Å². The maximum Gasteiger partial charge on any atom is 0.407 e. The molecule has 18 heavy (non-hydrogen) atoms. The molecule has 0 aliphatic heterocycles. The van der Waals surface area contributed by atoms with Crippen molar-refractivity contribution in [1.29, 1.82) is 0 Å². The Morgan fingerprint density at radius 3 is 2.72 bits per heavy atom. The topological polar surface area (TPSA) is 76.1 Å². The summed E-state index contributed by atoms with van der Waals surface area (Å²) in [6, 6.07) is 1.61. The predicted molar refractivity (Wildman–Crippen MR) is 69.8 cm³/mol. The van der Waals surface area contributed by atoms with Crippen molar-refractivity contribution >= 4 is 23.5 Å². The van der Waals surface area contributed by atoms with Crippen LogP contribution in [0.3, 0.4) is 0 Å². The third-order valence-electron chi connectivity index (χ3n) is 1.73. The number of hydrogen-bond acceptors (Lipinski definition) is 5. The number of amides is 1. The highest BCUT2D eigenvalue weighted by Crippen LogP contribution is 2.08. The summed E-state index contributed by atoms with van der Waals surface area (Å²) in [5.41, 5.74) is -0.488. The molecule has 0 aliphatic rings. The summed E-state index contributed by atoms with van der Waals surface area (Å²) >= 11 is 5.70. The van der Waals surface area contributed by atoms with Crippen molar-refractivity contribution in [1.82, 2.24) is 15.3 Å². The van der Waals surface area contributed by atoms with Gasteiger partial charge < -0.3 is 15.4 Å². The van der Waals surface area contributed by atoms with Gasteiger partial charge in [0, 0.05) is 19.2 Å². The summed E-state index contributed by atoms with van der Waals surface area (Å²) in [6.07, 6.45) is 0.927. The van der Waals surface area contributed by atoms with E-state index in [9.17, 15) is 4.79 Å². The molecule has 1 aromatic rings. The SMILES string of the molecule is CC(C)(C)OC(=O)NCCNc1cc(Cl)ncn1. The third-order valence-corrected chi connectivity index (χ3v) is 1.94. The van der Waals surface area contributed by atoms with Gasteiger partial charge in [0.15, 0.2) is 0 Å². The summed E-state index contributed by atoms with van der Waals surface area (Å²) < 4.78 is 5.08. The molecule has 6 nitrogen and oxygen atoms in total. The Hall–Kier alpha value is -1.56. The monoisotopic (exact) mass is 272 g/mol. The van der Waals surface area contributed by atoms with Crippen LogP contribution in [0.4, 0.5) is 10.6 Å². The molecule has 0 unspecified atom stereocenters. The van der Waals surface area contributed by atoms with E-state index in [0.29, 0.717) is 24.1 Å². The van der Waals surface area contributed by atoms with E-state index in [1.165, 1.54) is 6.33 Å². The Labute approximate surface area is 111 Å². The van der Waals surface area contributed by atoms with Crippen LogP contribution < -0.4 is 10.6 Å². The number of carbonyl (C=O) groups is 1. The normalized spacial score (nSPS) is 10.9. The van der Waals surface area contributed by atoms with Crippen molar-refractivity contribution in [3.05, 3.63) is 17.5 Å². The van der Waals surface area contributed by atoms with Crippen molar-refractivity contribution in [3.8, 4) is 0 Å². The maximum absolute atomic E-state index is 11.3. The smallest absolute Gasteiger partial charge is 0.407 e. The van der Waals surface area contributed by atoms with Gasteiger partial charge in [-0.3, -0.25) is 0 Å². The van der Waals surface area contributed by atoms with Gasteiger partial charge in [0.1, 0.15) is 22.9 Å². The van der Waals surface area contributed by atoms with Crippen LogP contribution in [-0.2, 0) is 4.74 Å². The highest BCUT2D eigenvalue weighted by atomic mass is 35.5. The van der Waals surface area contributed by atoms with E-state index >= 15 is 0 Å². The summed E-state index contributed by atoms with van der Waals surface area (Å²) in [5, 5.41) is 5.99. The number of anilines is 1. The van der Waals surface area contributed by atoms with E-state index in [0.717, 1.165) is 0 Å². The molecule has 0 fully saturated rings. The fourth-order valence-corrected chi connectivity index (χ4v) is 1.25. The van der Waals surface area contributed by atoms with Crippen LogP contribution in [0.2, 0.25) is 5.15 Å². The van der Waals surface area contributed by atoms with Crippen LogP contribution in [0.5, 0.6) is 0 Å². The predicted octanol–water partition coefficient (Wildman–Crippen LogP) is 2.07. The van der Waals surface area contributed by atoms with E-state index in [2.05, 4.69) is 20.6 Å². The number of nitrogens with zero attached hydrogens (tertiary/aromatic N) is 2. The second-order valence-electron chi connectivity index (χ2n) is 4.58. The van der Waals surface area contributed by atoms with Crippen LogP contribution in [0.25, 0.3) is 0 Å². The van der Waals surface area contributed by atoms with Gasteiger partial charge in [-0.2, -0.15) is 0 Å². The molecular weight excluding hydrogens is 256 g/mol. The van der Waals surface area contributed by atoms with Crippen LogP contribution >= 0.6 is 11.6 Å². The molecule has 100 valence electrons. The third kappa shape index (κ3) is 6.24. The molecule has 7 heteroatoms. The summed E-state index contributed by atoms with van der Waals surface area (Å²) in [4.78, 5) is 19.0. The van der Waals surface area contributed by atoms with Crippen LogP contribution in [0.15, 0.2) is 12.4 Å². The minimum Gasteiger partial charge on any atom is -0.444 e. The van der Waals surface area contributed by atoms with Crippen molar-refractivity contribution in [2.24, 2.45) is 0 Å². The van der Waals surface area contributed by atoms with Gasteiger partial charge in [0.25, 0.3) is 0 Å². The van der Waals surface area contributed by atoms with Gasteiger partial charge in [-0.05, 0) is 20.8 Å².